The summed E-state index contributed by atoms with van der Waals surface area (Å²) < 4.78 is 39.0. The van der Waals surface area contributed by atoms with Gasteiger partial charge in [-0.25, -0.2) is 23.1 Å². The Morgan fingerprint density at radius 1 is 0.962 bits per heavy atom. The normalized spacial score (nSPS) is 10.4. The third-order valence-electron chi connectivity index (χ3n) is 3.43. The molecule has 5 nitrogen and oxygen atoms in total. The van der Waals surface area contributed by atoms with Gasteiger partial charge in [0.25, 0.3) is 5.91 Å². The number of hydrogen-bond donors (Lipinski definition) is 2. The van der Waals surface area contributed by atoms with Gasteiger partial charge < -0.3 is 10.6 Å². The number of carbonyl (C=O) groups is 1. The average Bonchev–Trinajstić information content (AvgIpc) is 2.64. The molecular weight excluding hydrogens is 345 g/mol. The molecule has 8 heteroatoms. The van der Waals surface area contributed by atoms with Gasteiger partial charge in [-0.1, -0.05) is 12.1 Å². The monoisotopic (exact) mass is 358 g/mol. The van der Waals surface area contributed by atoms with Crippen LogP contribution in [0.1, 0.15) is 16.1 Å². The topological polar surface area (TPSA) is 66.9 Å². The molecule has 0 unspecified atom stereocenters. The SMILES string of the molecule is O=C(Nc1ccc(F)c(F)c1)c1ccnc(NCc2ccc(F)cc2)n1. The van der Waals surface area contributed by atoms with Gasteiger partial charge in [0.1, 0.15) is 11.5 Å². The maximum absolute atomic E-state index is 13.2. The van der Waals surface area contributed by atoms with Crippen molar-refractivity contribution in [3.05, 3.63) is 83.4 Å². The molecule has 0 aliphatic carbocycles. The van der Waals surface area contributed by atoms with E-state index < -0.39 is 17.5 Å². The third kappa shape index (κ3) is 4.35. The molecule has 0 bridgehead atoms. The standard InChI is InChI=1S/C18H13F3N4O/c19-12-3-1-11(2-4-12)10-23-18-22-8-7-16(25-18)17(26)24-13-5-6-14(20)15(21)9-13/h1-9H,10H2,(H,24,26)(H,22,23,25). The van der Waals surface area contributed by atoms with Crippen LogP contribution in [0.25, 0.3) is 0 Å². The number of rotatable bonds is 5. The Morgan fingerprint density at radius 3 is 2.46 bits per heavy atom. The Hall–Kier alpha value is -3.42. The molecule has 0 spiro atoms. The zero-order valence-electron chi connectivity index (χ0n) is 13.3. The van der Waals surface area contributed by atoms with Crippen molar-refractivity contribution in [2.75, 3.05) is 10.6 Å². The van der Waals surface area contributed by atoms with Crippen LogP contribution in [0.2, 0.25) is 0 Å². The van der Waals surface area contributed by atoms with Crippen molar-refractivity contribution < 1.29 is 18.0 Å². The minimum absolute atomic E-state index is 0.0475. The highest BCUT2D eigenvalue weighted by atomic mass is 19.2. The van der Waals surface area contributed by atoms with Gasteiger partial charge in [0.05, 0.1) is 0 Å². The van der Waals surface area contributed by atoms with E-state index >= 15 is 0 Å². The van der Waals surface area contributed by atoms with Crippen molar-refractivity contribution in [3.8, 4) is 0 Å². The zero-order valence-corrected chi connectivity index (χ0v) is 13.3. The maximum Gasteiger partial charge on any atom is 0.274 e. The van der Waals surface area contributed by atoms with E-state index in [-0.39, 0.29) is 23.1 Å². The first-order valence-corrected chi connectivity index (χ1v) is 7.59. The Morgan fingerprint density at radius 2 is 1.73 bits per heavy atom. The van der Waals surface area contributed by atoms with Gasteiger partial charge in [-0.2, -0.15) is 0 Å². The van der Waals surface area contributed by atoms with Crippen LogP contribution in [0.5, 0.6) is 0 Å². The van der Waals surface area contributed by atoms with E-state index in [0.29, 0.717) is 6.54 Å². The van der Waals surface area contributed by atoms with Crippen molar-refractivity contribution in [2.45, 2.75) is 6.54 Å². The number of hydrogen-bond acceptors (Lipinski definition) is 4. The predicted octanol–water partition coefficient (Wildman–Crippen LogP) is 3.76. The van der Waals surface area contributed by atoms with Gasteiger partial charge in [-0.05, 0) is 35.9 Å². The van der Waals surface area contributed by atoms with Gasteiger partial charge >= 0.3 is 0 Å². The minimum Gasteiger partial charge on any atom is -0.350 e. The Bertz CT molecular complexity index is 932. The second kappa shape index (κ2) is 7.64. The number of aromatic nitrogens is 2. The summed E-state index contributed by atoms with van der Waals surface area (Å²) in [6.07, 6.45) is 1.39. The molecule has 1 amide bonds. The largest absolute Gasteiger partial charge is 0.350 e. The fourth-order valence-electron chi connectivity index (χ4n) is 2.12. The maximum atomic E-state index is 13.2. The van der Waals surface area contributed by atoms with Crippen LogP contribution < -0.4 is 10.6 Å². The summed E-state index contributed by atoms with van der Waals surface area (Å²) in [5, 5.41) is 5.35. The number of anilines is 2. The third-order valence-corrected chi connectivity index (χ3v) is 3.43. The number of benzene rings is 2. The first-order chi connectivity index (χ1) is 12.5. The van der Waals surface area contributed by atoms with Gasteiger partial charge in [0, 0.05) is 24.5 Å². The summed E-state index contributed by atoms with van der Waals surface area (Å²) in [4.78, 5) is 20.3. The molecular formula is C18H13F3N4O. The Balaban J connectivity index is 1.66. The van der Waals surface area contributed by atoms with E-state index in [2.05, 4.69) is 20.6 Å². The van der Waals surface area contributed by atoms with E-state index in [1.807, 2.05) is 0 Å². The van der Waals surface area contributed by atoms with Crippen LogP contribution in [0.3, 0.4) is 0 Å². The molecule has 3 aromatic rings. The quantitative estimate of drug-likeness (QED) is 0.729. The highest BCUT2D eigenvalue weighted by molar-refractivity contribution is 6.02. The highest BCUT2D eigenvalue weighted by Crippen LogP contribution is 2.14. The molecule has 0 saturated carbocycles. The van der Waals surface area contributed by atoms with Crippen molar-refractivity contribution in [2.24, 2.45) is 0 Å². The lowest BCUT2D eigenvalue weighted by Crippen LogP contribution is -2.15. The first-order valence-electron chi connectivity index (χ1n) is 7.59. The van der Waals surface area contributed by atoms with Gasteiger partial charge in [-0.15, -0.1) is 0 Å². The lowest BCUT2D eigenvalue weighted by atomic mass is 10.2. The second-order valence-corrected chi connectivity index (χ2v) is 5.33. The van der Waals surface area contributed by atoms with Crippen LogP contribution in [0.4, 0.5) is 24.8 Å². The second-order valence-electron chi connectivity index (χ2n) is 5.33. The summed E-state index contributed by atoms with van der Waals surface area (Å²) in [6, 6.07) is 10.3. The van der Waals surface area contributed by atoms with Gasteiger partial charge in [-0.3, -0.25) is 4.79 Å². The predicted molar refractivity (Wildman–Crippen MR) is 90.1 cm³/mol. The molecule has 2 N–H and O–H groups in total. The molecule has 132 valence electrons. The Kier molecular flexibility index (Phi) is 5.12. The van der Waals surface area contributed by atoms with E-state index in [9.17, 15) is 18.0 Å². The van der Waals surface area contributed by atoms with E-state index in [0.717, 1.165) is 17.7 Å². The number of nitrogens with one attached hydrogen (secondary N) is 2. The van der Waals surface area contributed by atoms with Gasteiger partial charge in [0.15, 0.2) is 11.6 Å². The fourth-order valence-corrected chi connectivity index (χ4v) is 2.12. The number of amides is 1. The van der Waals surface area contributed by atoms with Crippen molar-refractivity contribution >= 4 is 17.5 Å². The van der Waals surface area contributed by atoms with Crippen molar-refractivity contribution in [1.29, 1.82) is 0 Å². The van der Waals surface area contributed by atoms with Crippen LogP contribution in [-0.4, -0.2) is 15.9 Å². The molecule has 1 heterocycles. The van der Waals surface area contributed by atoms with E-state index in [4.69, 9.17) is 0 Å². The van der Waals surface area contributed by atoms with Gasteiger partial charge in [0.2, 0.25) is 5.95 Å². The molecule has 2 aromatic carbocycles. The summed E-state index contributed by atoms with van der Waals surface area (Å²) in [6.45, 7) is 0.342. The van der Waals surface area contributed by atoms with Crippen molar-refractivity contribution in [3.63, 3.8) is 0 Å². The summed E-state index contributed by atoms with van der Waals surface area (Å²) >= 11 is 0. The van der Waals surface area contributed by atoms with E-state index in [1.165, 1.54) is 30.5 Å². The molecule has 1 aromatic heterocycles. The molecule has 26 heavy (non-hydrogen) atoms. The summed E-state index contributed by atoms with van der Waals surface area (Å²) in [7, 11) is 0. The van der Waals surface area contributed by atoms with Crippen LogP contribution in [0, 0.1) is 17.5 Å². The van der Waals surface area contributed by atoms with Crippen molar-refractivity contribution in [1.82, 2.24) is 9.97 Å². The summed E-state index contributed by atoms with van der Waals surface area (Å²) in [5.41, 5.74) is 0.964. The molecule has 0 fully saturated rings. The molecule has 0 aliphatic rings. The lowest BCUT2D eigenvalue weighted by Gasteiger charge is -2.08. The molecule has 0 saturated heterocycles. The first kappa shape index (κ1) is 17.4. The average molecular weight is 358 g/mol. The molecule has 0 radical (unpaired) electrons. The molecule has 0 aliphatic heterocycles. The molecule has 3 rings (SSSR count). The number of nitrogens with zero attached hydrogens (tertiary/aromatic N) is 2. The van der Waals surface area contributed by atoms with Crippen LogP contribution in [0.15, 0.2) is 54.7 Å². The molecule has 0 atom stereocenters. The Labute approximate surface area is 146 Å². The number of carbonyl (C=O) groups excluding carboxylic acids is 1. The lowest BCUT2D eigenvalue weighted by molar-refractivity contribution is 0.102. The smallest absolute Gasteiger partial charge is 0.274 e. The highest BCUT2D eigenvalue weighted by Gasteiger charge is 2.11. The number of halogens is 3. The summed E-state index contributed by atoms with van der Waals surface area (Å²) in [5.74, 6) is -2.79. The van der Waals surface area contributed by atoms with E-state index in [1.54, 1.807) is 12.1 Å². The van der Waals surface area contributed by atoms with Crippen LogP contribution in [-0.2, 0) is 6.54 Å². The zero-order chi connectivity index (χ0) is 18.5. The fraction of sp³-hybridized carbons (Fsp3) is 0.0556. The van der Waals surface area contributed by atoms with Crippen LogP contribution >= 0.6 is 0 Å². The minimum atomic E-state index is -1.06.